The summed E-state index contributed by atoms with van der Waals surface area (Å²) >= 11 is 0. The van der Waals surface area contributed by atoms with Crippen molar-refractivity contribution in [3.63, 3.8) is 0 Å². The van der Waals surface area contributed by atoms with E-state index in [9.17, 15) is 30.4 Å². The van der Waals surface area contributed by atoms with Crippen molar-refractivity contribution in [2.75, 3.05) is 18.4 Å². The van der Waals surface area contributed by atoms with Crippen molar-refractivity contribution in [3.8, 4) is 0 Å². The van der Waals surface area contributed by atoms with E-state index >= 15 is 0 Å². The van der Waals surface area contributed by atoms with E-state index in [1.165, 1.54) is 6.07 Å². The molecule has 5 nitrogen and oxygen atoms in total. The molecule has 4 rings (SSSR count). The van der Waals surface area contributed by atoms with E-state index in [0.29, 0.717) is 12.3 Å². The lowest BCUT2D eigenvalue weighted by Gasteiger charge is -2.21. The number of anilines is 1. The summed E-state index contributed by atoms with van der Waals surface area (Å²) in [5.41, 5.74) is -0.0981. The van der Waals surface area contributed by atoms with E-state index in [2.05, 4.69) is 10.3 Å². The fourth-order valence-corrected chi connectivity index (χ4v) is 5.24. The van der Waals surface area contributed by atoms with E-state index in [1.54, 1.807) is 18.2 Å². The lowest BCUT2D eigenvalue weighted by atomic mass is 9.94. The second-order valence-corrected chi connectivity index (χ2v) is 9.53. The molecule has 1 aliphatic rings. The number of nitrogens with zero attached hydrogens (tertiary/aromatic N) is 2. The van der Waals surface area contributed by atoms with Crippen LogP contribution in [0.1, 0.15) is 17.2 Å². The summed E-state index contributed by atoms with van der Waals surface area (Å²) in [6, 6.07) is 13.3. The van der Waals surface area contributed by atoms with Crippen molar-refractivity contribution < 1.29 is 30.4 Å². The van der Waals surface area contributed by atoms with Gasteiger partial charge in [0.05, 0.1) is 0 Å². The fourth-order valence-electron chi connectivity index (χ4n) is 3.80. The van der Waals surface area contributed by atoms with Crippen LogP contribution in [0, 0.1) is 11.6 Å². The molecule has 1 N–H and O–H groups in total. The molecule has 2 atom stereocenters. The maximum absolute atomic E-state index is 13.7. The van der Waals surface area contributed by atoms with Crippen LogP contribution in [0.4, 0.5) is 27.6 Å². The molecule has 1 aromatic heterocycles. The average molecular weight is 483 g/mol. The molecule has 0 saturated carbocycles. The molecular weight excluding hydrogens is 465 g/mol. The van der Waals surface area contributed by atoms with Gasteiger partial charge in [-0.2, -0.15) is 17.5 Å². The molecule has 0 aliphatic carbocycles. The number of benzene rings is 2. The summed E-state index contributed by atoms with van der Waals surface area (Å²) < 4.78 is 92.7. The van der Waals surface area contributed by atoms with Crippen LogP contribution >= 0.6 is 0 Å². The third-order valence-electron chi connectivity index (χ3n) is 5.45. The topological polar surface area (TPSA) is 62.3 Å². The van der Waals surface area contributed by atoms with Crippen LogP contribution in [-0.2, 0) is 16.2 Å². The Kier molecular flexibility index (Phi) is 6.10. The molecule has 3 aromatic rings. The number of hydrogen-bond acceptors (Lipinski definition) is 4. The van der Waals surface area contributed by atoms with E-state index in [4.69, 9.17) is 0 Å². The maximum atomic E-state index is 13.7. The van der Waals surface area contributed by atoms with E-state index < -0.39 is 39.6 Å². The number of rotatable bonds is 5. The quantitative estimate of drug-likeness (QED) is 0.537. The van der Waals surface area contributed by atoms with Gasteiger partial charge in [-0.25, -0.2) is 17.2 Å². The Morgan fingerprint density at radius 3 is 2.27 bits per heavy atom. The summed E-state index contributed by atoms with van der Waals surface area (Å²) in [6.07, 6.45) is -4.00. The van der Waals surface area contributed by atoms with Crippen LogP contribution in [-0.4, -0.2) is 36.8 Å². The monoisotopic (exact) mass is 483 g/mol. The highest BCUT2D eigenvalue weighted by Gasteiger charge is 2.41. The molecule has 1 saturated heterocycles. The molecule has 11 heteroatoms. The Bertz CT molecular complexity index is 1240. The third kappa shape index (κ3) is 4.83. The summed E-state index contributed by atoms with van der Waals surface area (Å²) in [7, 11) is -4.15. The lowest BCUT2D eigenvalue weighted by Crippen LogP contribution is -2.32. The van der Waals surface area contributed by atoms with Gasteiger partial charge in [0.25, 0.3) is 0 Å². The second kappa shape index (κ2) is 8.71. The van der Waals surface area contributed by atoms with Gasteiger partial charge < -0.3 is 5.32 Å². The Hall–Kier alpha value is -3.05. The van der Waals surface area contributed by atoms with Crippen molar-refractivity contribution in [2.24, 2.45) is 0 Å². The van der Waals surface area contributed by atoms with Crippen LogP contribution < -0.4 is 5.32 Å². The van der Waals surface area contributed by atoms with Crippen LogP contribution in [0.5, 0.6) is 0 Å². The highest BCUT2D eigenvalue weighted by Crippen LogP contribution is 2.34. The minimum atomic E-state index is -4.69. The van der Waals surface area contributed by atoms with Gasteiger partial charge in [-0.1, -0.05) is 30.3 Å². The summed E-state index contributed by atoms with van der Waals surface area (Å²) in [6.45, 7) is -0.00335. The summed E-state index contributed by atoms with van der Waals surface area (Å²) in [5, 5.41) is 3.06. The van der Waals surface area contributed by atoms with Gasteiger partial charge in [0.15, 0.2) is 11.6 Å². The molecule has 2 unspecified atom stereocenters. The average Bonchev–Trinajstić information content (AvgIpc) is 3.21. The van der Waals surface area contributed by atoms with Gasteiger partial charge in [-0.3, -0.25) is 4.98 Å². The molecule has 174 valence electrons. The molecule has 0 amide bonds. The van der Waals surface area contributed by atoms with E-state index in [-0.39, 0.29) is 29.6 Å². The SMILES string of the molecule is O=S(=O)(c1ccc(C(F)(F)F)nc1)N1CC(Nc2ccc(F)c(F)c2)C(c2ccccc2)C1. The Balaban J connectivity index is 1.63. The summed E-state index contributed by atoms with van der Waals surface area (Å²) in [4.78, 5) is 2.88. The second-order valence-electron chi connectivity index (χ2n) is 7.60. The summed E-state index contributed by atoms with van der Waals surface area (Å²) in [5.74, 6) is -2.41. The first-order valence-electron chi connectivity index (χ1n) is 9.85. The fraction of sp³-hybridized carbons (Fsp3) is 0.227. The first kappa shape index (κ1) is 23.1. The molecule has 2 aromatic carbocycles. The number of halogens is 5. The zero-order valence-corrected chi connectivity index (χ0v) is 17.7. The van der Waals surface area contributed by atoms with Crippen LogP contribution in [0.3, 0.4) is 0 Å². The standard InChI is InChI=1S/C22H18F5N3O2S/c23-18-8-6-15(10-19(18)24)29-20-13-30(12-17(20)14-4-2-1-3-5-14)33(31,32)16-7-9-21(28-11-16)22(25,26)27/h1-11,17,20,29H,12-13H2. The Morgan fingerprint density at radius 1 is 0.939 bits per heavy atom. The van der Waals surface area contributed by atoms with Crippen molar-refractivity contribution in [1.82, 2.24) is 9.29 Å². The molecule has 2 heterocycles. The van der Waals surface area contributed by atoms with Crippen LogP contribution in [0.25, 0.3) is 0 Å². The molecule has 33 heavy (non-hydrogen) atoms. The van der Waals surface area contributed by atoms with Gasteiger partial charge in [0.1, 0.15) is 10.6 Å². The highest BCUT2D eigenvalue weighted by molar-refractivity contribution is 7.89. The van der Waals surface area contributed by atoms with Crippen molar-refractivity contribution in [1.29, 1.82) is 0 Å². The van der Waals surface area contributed by atoms with Crippen molar-refractivity contribution >= 4 is 15.7 Å². The molecule has 1 fully saturated rings. The first-order valence-corrected chi connectivity index (χ1v) is 11.3. The predicted molar refractivity (Wildman–Crippen MR) is 111 cm³/mol. The minimum absolute atomic E-state index is 0.0364. The number of alkyl halides is 3. The Morgan fingerprint density at radius 2 is 1.67 bits per heavy atom. The third-order valence-corrected chi connectivity index (χ3v) is 7.27. The first-order chi connectivity index (χ1) is 15.6. The van der Waals surface area contributed by atoms with Crippen LogP contribution in [0.15, 0.2) is 71.8 Å². The Labute approximate surface area is 186 Å². The van der Waals surface area contributed by atoms with E-state index in [1.807, 2.05) is 12.1 Å². The number of pyridine rings is 1. The van der Waals surface area contributed by atoms with Gasteiger partial charge in [-0.15, -0.1) is 0 Å². The zero-order valence-electron chi connectivity index (χ0n) is 16.9. The van der Waals surface area contributed by atoms with Crippen molar-refractivity contribution in [2.45, 2.75) is 23.0 Å². The number of sulfonamides is 1. The van der Waals surface area contributed by atoms with Crippen LogP contribution in [0.2, 0.25) is 0 Å². The normalized spacial score (nSPS) is 19.5. The molecule has 0 spiro atoms. The van der Waals surface area contributed by atoms with E-state index in [0.717, 1.165) is 28.1 Å². The zero-order chi connectivity index (χ0) is 23.8. The van der Waals surface area contributed by atoms with Gasteiger partial charge >= 0.3 is 6.18 Å². The lowest BCUT2D eigenvalue weighted by molar-refractivity contribution is -0.141. The number of nitrogens with one attached hydrogen (secondary N) is 1. The molecule has 0 bridgehead atoms. The minimum Gasteiger partial charge on any atom is -0.380 e. The van der Waals surface area contributed by atoms with Gasteiger partial charge in [-0.05, 0) is 29.8 Å². The maximum Gasteiger partial charge on any atom is 0.433 e. The number of hydrogen-bond donors (Lipinski definition) is 1. The predicted octanol–water partition coefficient (Wildman–Crippen LogP) is 4.65. The highest BCUT2D eigenvalue weighted by atomic mass is 32.2. The molecule has 0 radical (unpaired) electrons. The van der Waals surface area contributed by atoms with Crippen molar-refractivity contribution in [3.05, 3.63) is 89.8 Å². The van der Waals surface area contributed by atoms with Gasteiger partial charge in [0, 0.05) is 43.0 Å². The van der Waals surface area contributed by atoms with Gasteiger partial charge in [0.2, 0.25) is 10.0 Å². The largest absolute Gasteiger partial charge is 0.433 e. The number of aromatic nitrogens is 1. The smallest absolute Gasteiger partial charge is 0.380 e. The molecular formula is C22H18F5N3O2S. The molecule has 1 aliphatic heterocycles.